The van der Waals surface area contributed by atoms with Crippen molar-refractivity contribution in [1.29, 1.82) is 0 Å². The normalized spacial score (nSPS) is 16.5. The molecule has 0 bridgehead atoms. The Morgan fingerprint density at radius 2 is 2.14 bits per heavy atom. The van der Waals surface area contributed by atoms with E-state index in [1.165, 1.54) is 0 Å². The molecule has 0 spiro atoms. The fourth-order valence-electron chi connectivity index (χ4n) is 2.28. The number of ether oxygens (including phenoxy) is 1. The number of hydrogen-bond donors (Lipinski definition) is 1. The number of para-hydroxylation sites is 1. The van der Waals surface area contributed by atoms with Crippen molar-refractivity contribution in [3.05, 3.63) is 48.4 Å². The van der Waals surface area contributed by atoms with Gasteiger partial charge in [-0.2, -0.15) is 0 Å². The van der Waals surface area contributed by atoms with Gasteiger partial charge in [0.2, 0.25) is 5.16 Å². The molecule has 1 aromatic carbocycles. The van der Waals surface area contributed by atoms with Crippen molar-refractivity contribution in [2.24, 2.45) is 0 Å². The van der Waals surface area contributed by atoms with Gasteiger partial charge >= 0.3 is 0 Å². The first-order chi connectivity index (χ1) is 10.4. The van der Waals surface area contributed by atoms with E-state index in [1.54, 1.807) is 25.1 Å². The molecule has 1 aliphatic rings. The second kappa shape index (κ2) is 4.85. The monoisotopic (exact) mass is 300 g/mol. The predicted molar refractivity (Wildman–Crippen MR) is 78.7 cm³/mol. The Kier molecular flexibility index (Phi) is 2.85. The standard InChI is InChI=1S/C14H12N4O2S/c1-19-10-6-3-2-5-9(10)12-15-16-14-18(12)17-13(21-14)11-7-4-8-20-11/h2-8,13,17H,1H3/t13-/m0/s1. The fraction of sp³-hybridized carbons (Fsp3) is 0.143. The number of thioether (sulfide) groups is 1. The summed E-state index contributed by atoms with van der Waals surface area (Å²) in [6.45, 7) is 0. The van der Waals surface area contributed by atoms with Crippen LogP contribution in [0.15, 0.2) is 52.2 Å². The van der Waals surface area contributed by atoms with Crippen LogP contribution >= 0.6 is 11.8 Å². The maximum Gasteiger partial charge on any atom is 0.212 e. The third-order valence-electron chi connectivity index (χ3n) is 3.25. The largest absolute Gasteiger partial charge is 0.496 e. The molecular formula is C14H12N4O2S. The molecule has 3 aromatic rings. The van der Waals surface area contributed by atoms with Crippen LogP contribution < -0.4 is 10.2 Å². The van der Waals surface area contributed by atoms with E-state index in [4.69, 9.17) is 9.15 Å². The number of rotatable bonds is 3. The SMILES string of the molecule is COc1ccccc1-c1nnc2n1N[C@H](c1ccco1)S2. The minimum Gasteiger partial charge on any atom is -0.496 e. The van der Waals surface area contributed by atoms with E-state index in [1.807, 2.05) is 41.1 Å². The van der Waals surface area contributed by atoms with E-state index >= 15 is 0 Å². The third-order valence-corrected chi connectivity index (χ3v) is 4.30. The average molecular weight is 300 g/mol. The van der Waals surface area contributed by atoms with Gasteiger partial charge in [0.1, 0.15) is 11.5 Å². The molecule has 0 saturated heterocycles. The lowest BCUT2D eigenvalue weighted by atomic mass is 10.2. The fourth-order valence-corrected chi connectivity index (χ4v) is 3.23. The first-order valence-corrected chi connectivity index (χ1v) is 7.30. The van der Waals surface area contributed by atoms with E-state index < -0.39 is 0 Å². The smallest absolute Gasteiger partial charge is 0.212 e. The highest BCUT2D eigenvalue weighted by atomic mass is 32.2. The van der Waals surface area contributed by atoms with E-state index in [-0.39, 0.29) is 5.37 Å². The summed E-state index contributed by atoms with van der Waals surface area (Å²) in [4.78, 5) is 0. The average Bonchev–Trinajstić information content (AvgIpc) is 3.22. The molecule has 0 unspecified atom stereocenters. The van der Waals surface area contributed by atoms with Gasteiger partial charge in [0, 0.05) is 0 Å². The topological polar surface area (TPSA) is 65.1 Å². The van der Waals surface area contributed by atoms with E-state index in [0.717, 1.165) is 28.1 Å². The zero-order valence-corrected chi connectivity index (χ0v) is 12.0. The Labute approximate surface area is 125 Å². The molecule has 1 N–H and O–H groups in total. The second-order valence-corrected chi connectivity index (χ2v) is 5.56. The Morgan fingerprint density at radius 1 is 1.24 bits per heavy atom. The highest BCUT2D eigenvalue weighted by molar-refractivity contribution is 7.99. The zero-order chi connectivity index (χ0) is 14.2. The van der Waals surface area contributed by atoms with Crippen LogP contribution in [0.4, 0.5) is 0 Å². The zero-order valence-electron chi connectivity index (χ0n) is 11.2. The van der Waals surface area contributed by atoms with Gasteiger partial charge in [0.25, 0.3) is 0 Å². The Balaban J connectivity index is 1.73. The maximum atomic E-state index is 5.44. The quantitative estimate of drug-likeness (QED) is 0.802. The van der Waals surface area contributed by atoms with Gasteiger partial charge in [-0.15, -0.1) is 10.2 Å². The van der Waals surface area contributed by atoms with Gasteiger partial charge in [0.15, 0.2) is 11.2 Å². The van der Waals surface area contributed by atoms with Crippen LogP contribution in [0, 0.1) is 0 Å². The summed E-state index contributed by atoms with van der Waals surface area (Å²) in [5.41, 5.74) is 4.24. The van der Waals surface area contributed by atoms with Crippen molar-refractivity contribution in [1.82, 2.24) is 14.9 Å². The third kappa shape index (κ3) is 1.97. The first-order valence-electron chi connectivity index (χ1n) is 6.42. The molecule has 6 nitrogen and oxygen atoms in total. The van der Waals surface area contributed by atoms with Crippen LogP contribution in [-0.2, 0) is 0 Å². The Bertz CT molecular complexity index is 769. The maximum absolute atomic E-state index is 5.44. The van der Waals surface area contributed by atoms with E-state index in [9.17, 15) is 0 Å². The molecule has 0 radical (unpaired) electrons. The van der Waals surface area contributed by atoms with Gasteiger partial charge < -0.3 is 14.6 Å². The minimum atomic E-state index is -0.000966. The molecule has 0 aliphatic carbocycles. The van der Waals surface area contributed by atoms with Crippen molar-refractivity contribution in [3.8, 4) is 17.1 Å². The first kappa shape index (κ1) is 12.3. The molecule has 2 aromatic heterocycles. The minimum absolute atomic E-state index is 0.000966. The van der Waals surface area contributed by atoms with Crippen LogP contribution in [0.5, 0.6) is 5.75 Å². The molecule has 1 atom stereocenters. The molecule has 1 aliphatic heterocycles. The number of furan rings is 1. The molecule has 7 heteroatoms. The number of aromatic nitrogens is 3. The number of benzene rings is 1. The highest BCUT2D eigenvalue weighted by Crippen LogP contribution is 2.41. The molecular weight excluding hydrogens is 288 g/mol. The Hall–Kier alpha value is -2.41. The van der Waals surface area contributed by atoms with Crippen molar-refractivity contribution < 1.29 is 9.15 Å². The summed E-state index contributed by atoms with van der Waals surface area (Å²) in [5.74, 6) is 2.35. The summed E-state index contributed by atoms with van der Waals surface area (Å²) in [5, 5.41) is 9.28. The molecule has 106 valence electrons. The molecule has 3 heterocycles. The molecule has 21 heavy (non-hydrogen) atoms. The van der Waals surface area contributed by atoms with Crippen LogP contribution in [0.2, 0.25) is 0 Å². The lowest BCUT2D eigenvalue weighted by Gasteiger charge is -2.11. The molecule has 0 amide bonds. The van der Waals surface area contributed by atoms with Crippen LogP contribution in [-0.4, -0.2) is 22.0 Å². The number of fused-ring (bicyclic) bond motifs is 1. The van der Waals surface area contributed by atoms with E-state index in [0.29, 0.717) is 0 Å². The van der Waals surface area contributed by atoms with E-state index in [2.05, 4.69) is 15.6 Å². The summed E-state index contributed by atoms with van der Waals surface area (Å²) in [7, 11) is 1.65. The molecule has 4 rings (SSSR count). The van der Waals surface area contributed by atoms with Gasteiger partial charge in [0.05, 0.1) is 18.9 Å². The second-order valence-electron chi connectivity index (χ2n) is 4.48. The summed E-state index contributed by atoms with van der Waals surface area (Å²) in [6.07, 6.45) is 1.66. The van der Waals surface area contributed by atoms with Crippen LogP contribution in [0.3, 0.4) is 0 Å². The Morgan fingerprint density at radius 3 is 2.95 bits per heavy atom. The lowest BCUT2D eigenvalue weighted by Crippen LogP contribution is -2.13. The molecule has 0 saturated carbocycles. The van der Waals surface area contributed by atoms with Gasteiger partial charge in [-0.1, -0.05) is 12.1 Å². The summed E-state index contributed by atoms with van der Waals surface area (Å²) < 4.78 is 12.7. The van der Waals surface area contributed by atoms with Gasteiger partial charge in [-0.3, -0.25) is 0 Å². The van der Waals surface area contributed by atoms with Crippen LogP contribution in [0.25, 0.3) is 11.4 Å². The number of methoxy groups -OCH3 is 1. The molecule has 0 fully saturated rings. The lowest BCUT2D eigenvalue weighted by molar-refractivity contribution is 0.416. The van der Waals surface area contributed by atoms with Gasteiger partial charge in [-0.05, 0) is 36.0 Å². The van der Waals surface area contributed by atoms with Crippen molar-refractivity contribution >= 4 is 11.8 Å². The highest BCUT2D eigenvalue weighted by Gasteiger charge is 2.30. The van der Waals surface area contributed by atoms with Crippen LogP contribution in [0.1, 0.15) is 11.1 Å². The summed E-state index contributed by atoms with van der Waals surface area (Å²) in [6, 6.07) is 11.6. The number of hydrogen-bond acceptors (Lipinski definition) is 6. The van der Waals surface area contributed by atoms with Crippen molar-refractivity contribution in [2.75, 3.05) is 12.5 Å². The van der Waals surface area contributed by atoms with Crippen molar-refractivity contribution in [2.45, 2.75) is 10.5 Å². The van der Waals surface area contributed by atoms with Gasteiger partial charge in [-0.25, -0.2) is 4.68 Å². The number of nitrogens with zero attached hydrogens (tertiary/aromatic N) is 3. The summed E-state index contributed by atoms with van der Waals surface area (Å²) >= 11 is 1.57. The predicted octanol–water partition coefficient (Wildman–Crippen LogP) is 2.89. The van der Waals surface area contributed by atoms with Crippen molar-refractivity contribution in [3.63, 3.8) is 0 Å². The number of nitrogens with one attached hydrogen (secondary N) is 1.